The van der Waals surface area contributed by atoms with Gasteiger partial charge in [-0.1, -0.05) is 0 Å². The van der Waals surface area contributed by atoms with Crippen LogP contribution < -0.4 is 11.1 Å². The Kier molecular flexibility index (Phi) is 3.98. The maximum atomic E-state index is 13.6. The Morgan fingerprint density at radius 2 is 1.80 bits per heavy atom. The van der Waals surface area contributed by atoms with Crippen LogP contribution in [-0.4, -0.2) is 5.91 Å². The molecule has 0 bridgehead atoms. The van der Waals surface area contributed by atoms with Gasteiger partial charge in [-0.3, -0.25) is 4.79 Å². The second-order valence-electron chi connectivity index (χ2n) is 4.48. The molecule has 20 heavy (non-hydrogen) atoms. The highest BCUT2D eigenvalue weighted by Gasteiger charge is 2.15. The van der Waals surface area contributed by atoms with Crippen LogP contribution in [0.4, 0.5) is 14.5 Å². The Morgan fingerprint density at radius 1 is 1.15 bits per heavy atom. The molecule has 0 heterocycles. The SMILES string of the molecule is CC(NC(=O)c1ccc(N)cc1)c1cc(F)ccc1F. The van der Waals surface area contributed by atoms with Crippen LogP contribution in [0, 0.1) is 11.6 Å². The van der Waals surface area contributed by atoms with Gasteiger partial charge in [0.05, 0.1) is 6.04 Å². The molecule has 0 radical (unpaired) electrons. The van der Waals surface area contributed by atoms with E-state index in [0.29, 0.717) is 11.3 Å². The number of halogens is 2. The molecule has 0 fully saturated rings. The second kappa shape index (κ2) is 5.69. The summed E-state index contributed by atoms with van der Waals surface area (Å²) in [6.07, 6.45) is 0. The Morgan fingerprint density at radius 3 is 2.45 bits per heavy atom. The molecule has 3 nitrogen and oxygen atoms in total. The third-order valence-corrected chi connectivity index (χ3v) is 2.95. The zero-order chi connectivity index (χ0) is 14.7. The molecular weight excluding hydrogens is 262 g/mol. The van der Waals surface area contributed by atoms with Gasteiger partial charge in [0.25, 0.3) is 5.91 Å². The summed E-state index contributed by atoms with van der Waals surface area (Å²) in [5, 5.41) is 2.61. The Hall–Kier alpha value is -2.43. The molecule has 1 amide bonds. The van der Waals surface area contributed by atoms with Crippen molar-refractivity contribution in [1.82, 2.24) is 5.32 Å². The van der Waals surface area contributed by atoms with Gasteiger partial charge in [-0.2, -0.15) is 0 Å². The Balaban J connectivity index is 2.15. The van der Waals surface area contributed by atoms with Gasteiger partial charge in [-0.15, -0.1) is 0 Å². The number of amides is 1. The molecule has 0 aliphatic carbocycles. The van der Waals surface area contributed by atoms with Crippen molar-refractivity contribution < 1.29 is 13.6 Å². The molecule has 1 atom stereocenters. The predicted molar refractivity (Wildman–Crippen MR) is 73.1 cm³/mol. The number of nitrogens with two attached hydrogens (primary N) is 1. The van der Waals surface area contributed by atoms with Gasteiger partial charge < -0.3 is 11.1 Å². The van der Waals surface area contributed by atoms with Crippen LogP contribution >= 0.6 is 0 Å². The summed E-state index contributed by atoms with van der Waals surface area (Å²) in [4.78, 5) is 12.0. The summed E-state index contributed by atoms with van der Waals surface area (Å²) in [6, 6.07) is 8.84. The number of benzene rings is 2. The summed E-state index contributed by atoms with van der Waals surface area (Å²) in [7, 11) is 0. The fourth-order valence-electron chi connectivity index (χ4n) is 1.84. The van der Waals surface area contributed by atoms with Crippen LogP contribution in [0.3, 0.4) is 0 Å². The zero-order valence-electron chi connectivity index (χ0n) is 10.9. The number of nitrogens with one attached hydrogen (secondary N) is 1. The summed E-state index contributed by atoms with van der Waals surface area (Å²) in [5.74, 6) is -1.48. The molecule has 2 aromatic carbocycles. The molecule has 2 aromatic rings. The number of nitrogen functional groups attached to an aromatic ring is 1. The van der Waals surface area contributed by atoms with Crippen molar-refractivity contribution in [1.29, 1.82) is 0 Å². The molecule has 3 N–H and O–H groups in total. The van der Waals surface area contributed by atoms with Crippen LogP contribution in [0.5, 0.6) is 0 Å². The van der Waals surface area contributed by atoms with E-state index >= 15 is 0 Å². The van der Waals surface area contributed by atoms with Gasteiger partial charge in [0.15, 0.2) is 0 Å². The number of anilines is 1. The number of hydrogen-bond donors (Lipinski definition) is 2. The van der Waals surface area contributed by atoms with E-state index in [2.05, 4.69) is 5.32 Å². The first-order valence-electron chi connectivity index (χ1n) is 6.08. The minimum atomic E-state index is -0.643. The number of hydrogen-bond acceptors (Lipinski definition) is 2. The van der Waals surface area contributed by atoms with Crippen molar-refractivity contribution in [3.05, 3.63) is 65.2 Å². The highest BCUT2D eigenvalue weighted by Crippen LogP contribution is 2.18. The van der Waals surface area contributed by atoms with Crippen molar-refractivity contribution in [2.24, 2.45) is 0 Å². The van der Waals surface area contributed by atoms with E-state index in [9.17, 15) is 13.6 Å². The van der Waals surface area contributed by atoms with Crippen LogP contribution in [-0.2, 0) is 0 Å². The van der Waals surface area contributed by atoms with E-state index < -0.39 is 17.7 Å². The van der Waals surface area contributed by atoms with Crippen molar-refractivity contribution in [3.63, 3.8) is 0 Å². The largest absolute Gasteiger partial charge is 0.399 e. The first kappa shape index (κ1) is 14.0. The first-order chi connectivity index (χ1) is 9.47. The van der Waals surface area contributed by atoms with Gasteiger partial charge in [0.2, 0.25) is 0 Å². The van der Waals surface area contributed by atoms with Gasteiger partial charge >= 0.3 is 0 Å². The van der Waals surface area contributed by atoms with Crippen LogP contribution in [0.1, 0.15) is 28.9 Å². The molecular formula is C15H14F2N2O. The lowest BCUT2D eigenvalue weighted by molar-refractivity contribution is 0.0939. The minimum Gasteiger partial charge on any atom is -0.399 e. The van der Waals surface area contributed by atoms with E-state index in [1.807, 2.05) is 0 Å². The quantitative estimate of drug-likeness (QED) is 0.847. The summed E-state index contributed by atoms with van der Waals surface area (Å²) in [5.41, 5.74) is 6.59. The standard InChI is InChI=1S/C15H14F2N2O/c1-9(13-8-11(16)4-7-14(13)17)19-15(20)10-2-5-12(18)6-3-10/h2-9H,18H2,1H3,(H,19,20). The number of rotatable bonds is 3. The average molecular weight is 276 g/mol. The van der Waals surface area contributed by atoms with Crippen molar-refractivity contribution in [2.45, 2.75) is 13.0 Å². The number of carbonyl (C=O) groups excluding carboxylic acids is 1. The fourth-order valence-corrected chi connectivity index (χ4v) is 1.84. The van der Waals surface area contributed by atoms with Crippen molar-refractivity contribution in [2.75, 3.05) is 5.73 Å². The van der Waals surface area contributed by atoms with Gasteiger partial charge in [-0.25, -0.2) is 8.78 Å². The summed E-state index contributed by atoms with van der Waals surface area (Å²) < 4.78 is 26.7. The molecule has 0 saturated heterocycles. The fraction of sp³-hybridized carbons (Fsp3) is 0.133. The number of carbonyl (C=O) groups is 1. The van der Waals surface area contributed by atoms with E-state index in [1.54, 1.807) is 31.2 Å². The van der Waals surface area contributed by atoms with Crippen LogP contribution in [0.25, 0.3) is 0 Å². The second-order valence-corrected chi connectivity index (χ2v) is 4.48. The molecule has 5 heteroatoms. The smallest absolute Gasteiger partial charge is 0.251 e. The molecule has 104 valence electrons. The maximum absolute atomic E-state index is 13.6. The summed E-state index contributed by atoms with van der Waals surface area (Å²) >= 11 is 0. The predicted octanol–water partition coefficient (Wildman–Crippen LogP) is 3.04. The van der Waals surface area contributed by atoms with Gasteiger partial charge in [-0.05, 0) is 49.4 Å². The molecule has 0 aliphatic heterocycles. The Labute approximate surface area is 115 Å². The van der Waals surface area contributed by atoms with E-state index in [-0.39, 0.29) is 11.5 Å². The lowest BCUT2D eigenvalue weighted by atomic mass is 10.1. The van der Waals surface area contributed by atoms with E-state index in [1.165, 1.54) is 0 Å². The molecule has 0 aromatic heterocycles. The van der Waals surface area contributed by atoms with Crippen molar-refractivity contribution in [3.8, 4) is 0 Å². The minimum absolute atomic E-state index is 0.105. The molecule has 2 rings (SSSR count). The van der Waals surface area contributed by atoms with E-state index in [4.69, 9.17) is 5.73 Å². The van der Waals surface area contributed by atoms with Gasteiger partial charge in [0.1, 0.15) is 11.6 Å². The van der Waals surface area contributed by atoms with Crippen LogP contribution in [0.15, 0.2) is 42.5 Å². The summed E-state index contributed by atoms with van der Waals surface area (Å²) in [6.45, 7) is 1.59. The molecule has 0 saturated carbocycles. The highest BCUT2D eigenvalue weighted by molar-refractivity contribution is 5.94. The first-order valence-corrected chi connectivity index (χ1v) is 6.08. The lowest BCUT2D eigenvalue weighted by Crippen LogP contribution is -2.27. The molecule has 0 aliphatic rings. The highest BCUT2D eigenvalue weighted by atomic mass is 19.1. The topological polar surface area (TPSA) is 55.1 Å². The Bertz CT molecular complexity index is 626. The van der Waals surface area contributed by atoms with Gasteiger partial charge in [0, 0.05) is 16.8 Å². The maximum Gasteiger partial charge on any atom is 0.251 e. The average Bonchev–Trinajstić information content (AvgIpc) is 2.42. The third-order valence-electron chi connectivity index (χ3n) is 2.95. The van der Waals surface area contributed by atoms with Crippen LogP contribution in [0.2, 0.25) is 0 Å². The van der Waals surface area contributed by atoms with E-state index in [0.717, 1.165) is 18.2 Å². The third kappa shape index (κ3) is 3.12. The van der Waals surface area contributed by atoms with Crippen molar-refractivity contribution >= 4 is 11.6 Å². The zero-order valence-corrected chi connectivity index (χ0v) is 10.9. The lowest BCUT2D eigenvalue weighted by Gasteiger charge is -2.15. The monoisotopic (exact) mass is 276 g/mol. The normalized spacial score (nSPS) is 11.9. The molecule has 0 spiro atoms. The molecule has 1 unspecified atom stereocenters.